The van der Waals surface area contributed by atoms with Gasteiger partial charge in [0.1, 0.15) is 5.75 Å². The van der Waals surface area contributed by atoms with Crippen LogP contribution in [0.2, 0.25) is 0 Å². The maximum absolute atomic E-state index is 6.12. The Labute approximate surface area is 109 Å². The van der Waals surface area contributed by atoms with Gasteiger partial charge in [0, 0.05) is 17.4 Å². The van der Waals surface area contributed by atoms with E-state index in [1.807, 2.05) is 6.07 Å². The molecule has 0 bridgehead atoms. The Morgan fingerprint density at radius 1 is 1.35 bits per heavy atom. The third kappa shape index (κ3) is 2.77. The number of rotatable bonds is 3. The summed E-state index contributed by atoms with van der Waals surface area (Å²) in [5.74, 6) is 2.82. The van der Waals surface area contributed by atoms with Crippen molar-refractivity contribution in [2.45, 2.75) is 33.1 Å². The minimum atomic E-state index is 0.263. The molecule has 0 aromatic heterocycles. The van der Waals surface area contributed by atoms with Crippen molar-refractivity contribution in [3.8, 4) is 5.75 Å². The van der Waals surface area contributed by atoms with Crippen molar-refractivity contribution in [1.29, 1.82) is 0 Å². The van der Waals surface area contributed by atoms with Gasteiger partial charge in [0.25, 0.3) is 0 Å². The largest absolute Gasteiger partial charge is 0.493 e. The summed E-state index contributed by atoms with van der Waals surface area (Å²) in [5, 5.41) is 0. The topological polar surface area (TPSA) is 9.23 Å². The molecule has 0 aliphatic carbocycles. The van der Waals surface area contributed by atoms with Crippen molar-refractivity contribution in [3.63, 3.8) is 0 Å². The van der Waals surface area contributed by atoms with Crippen LogP contribution >= 0.6 is 11.6 Å². The lowest BCUT2D eigenvalue weighted by Crippen LogP contribution is -2.24. The Kier molecular flexibility index (Phi) is 3.67. The van der Waals surface area contributed by atoms with E-state index < -0.39 is 0 Å². The quantitative estimate of drug-likeness (QED) is 0.722. The third-order valence-corrected chi connectivity index (χ3v) is 4.15. The Morgan fingerprint density at radius 3 is 2.71 bits per heavy atom. The summed E-state index contributed by atoms with van der Waals surface area (Å²) < 4.78 is 5.73. The maximum Gasteiger partial charge on any atom is 0.122 e. The zero-order chi connectivity index (χ0) is 12.5. The molecule has 0 saturated carbocycles. The van der Waals surface area contributed by atoms with Crippen LogP contribution < -0.4 is 4.74 Å². The molecule has 0 N–H and O–H groups in total. The molecule has 1 aromatic rings. The van der Waals surface area contributed by atoms with Gasteiger partial charge in [0.05, 0.1) is 6.61 Å². The first-order valence-electron chi connectivity index (χ1n) is 6.30. The van der Waals surface area contributed by atoms with Crippen LogP contribution in [0, 0.1) is 11.3 Å². The van der Waals surface area contributed by atoms with Gasteiger partial charge in [-0.05, 0) is 23.8 Å². The molecule has 1 aromatic carbocycles. The summed E-state index contributed by atoms with van der Waals surface area (Å²) in [4.78, 5) is 0. The molecule has 2 atom stereocenters. The minimum absolute atomic E-state index is 0.263. The van der Waals surface area contributed by atoms with Crippen LogP contribution in [0.5, 0.6) is 5.75 Å². The Balaban J connectivity index is 2.11. The average molecular weight is 253 g/mol. The first-order chi connectivity index (χ1) is 8.02. The molecule has 0 spiro atoms. The third-order valence-electron chi connectivity index (χ3n) is 3.78. The number of benzene rings is 1. The van der Waals surface area contributed by atoms with E-state index in [1.165, 1.54) is 5.56 Å². The summed E-state index contributed by atoms with van der Waals surface area (Å²) in [6, 6.07) is 8.36. The lowest BCUT2D eigenvalue weighted by molar-refractivity contribution is 0.221. The van der Waals surface area contributed by atoms with Crippen LogP contribution in [0.4, 0.5) is 0 Å². The molecule has 0 radical (unpaired) electrons. The Bertz CT molecular complexity index is 381. The number of ether oxygens (including phenoxy) is 1. The van der Waals surface area contributed by atoms with Gasteiger partial charge in [-0.3, -0.25) is 0 Å². The zero-order valence-corrected chi connectivity index (χ0v) is 11.6. The molecule has 2 heteroatoms. The monoisotopic (exact) mass is 252 g/mol. The van der Waals surface area contributed by atoms with E-state index in [9.17, 15) is 0 Å². The van der Waals surface area contributed by atoms with Gasteiger partial charge in [0.15, 0.2) is 0 Å². The molecule has 1 aliphatic rings. The highest BCUT2D eigenvalue weighted by atomic mass is 35.5. The predicted molar refractivity (Wildman–Crippen MR) is 73.0 cm³/mol. The molecule has 1 heterocycles. The second-order valence-corrected chi connectivity index (χ2v) is 6.31. The fraction of sp³-hybridized carbons (Fsp3) is 0.600. The van der Waals surface area contributed by atoms with Gasteiger partial charge < -0.3 is 4.74 Å². The van der Waals surface area contributed by atoms with E-state index in [2.05, 4.69) is 39.0 Å². The fourth-order valence-electron chi connectivity index (χ4n) is 2.42. The number of hydrogen-bond donors (Lipinski definition) is 0. The number of para-hydroxylation sites is 1. The van der Waals surface area contributed by atoms with Gasteiger partial charge in [-0.15, -0.1) is 11.6 Å². The molecule has 94 valence electrons. The van der Waals surface area contributed by atoms with Crippen molar-refractivity contribution < 1.29 is 4.74 Å². The van der Waals surface area contributed by atoms with Crippen molar-refractivity contribution in [3.05, 3.63) is 29.8 Å². The van der Waals surface area contributed by atoms with Crippen molar-refractivity contribution in [1.82, 2.24) is 0 Å². The molecule has 17 heavy (non-hydrogen) atoms. The van der Waals surface area contributed by atoms with Gasteiger partial charge in [-0.2, -0.15) is 0 Å². The van der Waals surface area contributed by atoms with Gasteiger partial charge >= 0.3 is 0 Å². The van der Waals surface area contributed by atoms with E-state index in [0.29, 0.717) is 11.8 Å². The summed E-state index contributed by atoms with van der Waals surface area (Å²) in [5.41, 5.74) is 1.62. The van der Waals surface area contributed by atoms with E-state index in [0.717, 1.165) is 24.7 Å². The highest BCUT2D eigenvalue weighted by Crippen LogP contribution is 2.41. The second-order valence-electron chi connectivity index (χ2n) is 6.00. The predicted octanol–water partition coefficient (Wildman–Crippen LogP) is 4.45. The van der Waals surface area contributed by atoms with Crippen molar-refractivity contribution >= 4 is 11.6 Å². The van der Waals surface area contributed by atoms with Gasteiger partial charge in [0.2, 0.25) is 0 Å². The summed E-state index contributed by atoms with van der Waals surface area (Å²) in [6.45, 7) is 7.61. The molecule has 0 fully saturated rings. The van der Waals surface area contributed by atoms with E-state index in [-0.39, 0.29) is 5.41 Å². The zero-order valence-electron chi connectivity index (χ0n) is 10.9. The highest BCUT2D eigenvalue weighted by molar-refractivity contribution is 6.18. The van der Waals surface area contributed by atoms with Crippen LogP contribution in [-0.4, -0.2) is 12.5 Å². The molecule has 2 rings (SSSR count). The number of hydrogen-bond acceptors (Lipinski definition) is 1. The Hall–Kier alpha value is -0.690. The number of fused-ring (bicyclic) bond motifs is 1. The van der Waals surface area contributed by atoms with Crippen molar-refractivity contribution in [2.24, 2.45) is 11.3 Å². The lowest BCUT2D eigenvalue weighted by atomic mass is 9.76. The van der Waals surface area contributed by atoms with Crippen LogP contribution in [0.3, 0.4) is 0 Å². The first kappa shape index (κ1) is 12.8. The summed E-state index contributed by atoms with van der Waals surface area (Å²) in [6.07, 6.45) is 1.12. The van der Waals surface area contributed by atoms with Gasteiger partial charge in [-0.25, -0.2) is 0 Å². The first-order valence-corrected chi connectivity index (χ1v) is 6.83. The summed E-state index contributed by atoms with van der Waals surface area (Å²) >= 11 is 6.12. The molecule has 1 aliphatic heterocycles. The lowest BCUT2D eigenvalue weighted by Gasteiger charge is -2.30. The smallest absolute Gasteiger partial charge is 0.122 e. The fourth-order valence-corrected chi connectivity index (χ4v) is 3.00. The normalized spacial score (nSPS) is 20.8. The van der Waals surface area contributed by atoms with E-state index in [1.54, 1.807) is 0 Å². The molecule has 1 nitrogen and oxygen atoms in total. The molecule has 2 unspecified atom stereocenters. The Morgan fingerprint density at radius 2 is 2.06 bits per heavy atom. The minimum Gasteiger partial charge on any atom is -0.493 e. The highest BCUT2D eigenvalue weighted by Gasteiger charge is 2.31. The SMILES string of the molecule is CC(C)(C)C(CCl)CC1COc2ccccc21. The van der Waals surface area contributed by atoms with E-state index in [4.69, 9.17) is 16.3 Å². The van der Waals surface area contributed by atoms with Crippen LogP contribution in [0.15, 0.2) is 24.3 Å². The van der Waals surface area contributed by atoms with E-state index >= 15 is 0 Å². The maximum atomic E-state index is 6.12. The van der Waals surface area contributed by atoms with Crippen LogP contribution in [-0.2, 0) is 0 Å². The van der Waals surface area contributed by atoms with Gasteiger partial charge in [-0.1, -0.05) is 39.0 Å². The van der Waals surface area contributed by atoms with Crippen LogP contribution in [0.25, 0.3) is 0 Å². The van der Waals surface area contributed by atoms with Crippen molar-refractivity contribution in [2.75, 3.05) is 12.5 Å². The second kappa shape index (κ2) is 4.89. The standard InChI is InChI=1S/C15H21ClO/c1-15(2,3)12(9-16)8-11-10-17-14-7-5-4-6-13(11)14/h4-7,11-12H,8-10H2,1-3H3. The molecule has 0 amide bonds. The molecular formula is C15H21ClO. The average Bonchev–Trinajstić information content (AvgIpc) is 2.67. The number of halogens is 1. The number of alkyl halides is 1. The van der Waals surface area contributed by atoms with Crippen LogP contribution in [0.1, 0.15) is 38.7 Å². The molecular weight excluding hydrogens is 232 g/mol. The molecule has 0 saturated heterocycles. The summed E-state index contributed by atoms with van der Waals surface area (Å²) in [7, 11) is 0.